The number of thioether (sulfide) groups is 1. The molecule has 2 aromatic rings. The summed E-state index contributed by atoms with van der Waals surface area (Å²) >= 11 is 1.58. The van der Waals surface area contributed by atoms with Crippen molar-refractivity contribution in [3.05, 3.63) is 54.0 Å². The first-order chi connectivity index (χ1) is 9.20. The molecular formula is C15H17NO2S. The zero-order valence-corrected chi connectivity index (χ0v) is 11.9. The van der Waals surface area contributed by atoms with E-state index in [1.807, 2.05) is 49.6 Å². The van der Waals surface area contributed by atoms with Crippen molar-refractivity contribution in [2.24, 2.45) is 0 Å². The molecule has 4 heteroatoms. The van der Waals surface area contributed by atoms with E-state index < -0.39 is 0 Å². The summed E-state index contributed by atoms with van der Waals surface area (Å²) in [6, 6.07) is 11.4. The quantitative estimate of drug-likeness (QED) is 0.851. The lowest BCUT2D eigenvalue weighted by atomic mass is 10.1. The SMILES string of the molecule is CSc1ccccc1C(=O)NC(C)Cc1ccco1. The first-order valence-electron chi connectivity index (χ1n) is 6.17. The van der Waals surface area contributed by atoms with Gasteiger partial charge in [0, 0.05) is 17.4 Å². The van der Waals surface area contributed by atoms with Crippen molar-refractivity contribution in [3.63, 3.8) is 0 Å². The predicted octanol–water partition coefficient (Wildman–Crippen LogP) is 3.36. The maximum absolute atomic E-state index is 12.2. The lowest BCUT2D eigenvalue weighted by Crippen LogP contribution is -2.34. The van der Waals surface area contributed by atoms with Gasteiger partial charge in [-0.2, -0.15) is 0 Å². The third-order valence-electron chi connectivity index (χ3n) is 2.82. The van der Waals surface area contributed by atoms with Gasteiger partial charge in [0.2, 0.25) is 0 Å². The second-order valence-electron chi connectivity index (χ2n) is 4.36. The lowest BCUT2D eigenvalue weighted by molar-refractivity contribution is 0.0936. The number of hydrogen-bond acceptors (Lipinski definition) is 3. The summed E-state index contributed by atoms with van der Waals surface area (Å²) in [7, 11) is 0. The Kier molecular flexibility index (Phi) is 4.68. The van der Waals surface area contributed by atoms with E-state index in [2.05, 4.69) is 5.32 Å². The van der Waals surface area contributed by atoms with Gasteiger partial charge in [0.05, 0.1) is 11.8 Å². The van der Waals surface area contributed by atoms with Gasteiger partial charge < -0.3 is 9.73 Å². The van der Waals surface area contributed by atoms with Crippen LogP contribution >= 0.6 is 11.8 Å². The molecule has 0 saturated carbocycles. The van der Waals surface area contributed by atoms with Crippen LogP contribution in [-0.2, 0) is 6.42 Å². The Morgan fingerprint density at radius 1 is 1.32 bits per heavy atom. The van der Waals surface area contributed by atoms with Crippen molar-refractivity contribution in [1.82, 2.24) is 5.32 Å². The normalized spacial score (nSPS) is 12.1. The van der Waals surface area contributed by atoms with E-state index in [1.165, 1.54) is 0 Å². The molecule has 0 bridgehead atoms. The van der Waals surface area contributed by atoms with Crippen molar-refractivity contribution in [2.75, 3.05) is 6.26 Å². The first-order valence-corrected chi connectivity index (χ1v) is 7.39. The molecule has 2 rings (SSSR count). The van der Waals surface area contributed by atoms with E-state index in [0.29, 0.717) is 6.42 Å². The monoisotopic (exact) mass is 275 g/mol. The minimum Gasteiger partial charge on any atom is -0.469 e. The number of carbonyl (C=O) groups is 1. The number of furan rings is 1. The Hall–Kier alpha value is -1.68. The van der Waals surface area contributed by atoms with Gasteiger partial charge in [-0.3, -0.25) is 4.79 Å². The number of nitrogens with one attached hydrogen (secondary N) is 1. The summed E-state index contributed by atoms with van der Waals surface area (Å²) < 4.78 is 5.28. The summed E-state index contributed by atoms with van der Waals surface area (Å²) in [5.41, 5.74) is 0.723. The molecule has 0 saturated heterocycles. The molecule has 1 heterocycles. The number of amides is 1. The van der Waals surface area contributed by atoms with Gasteiger partial charge in [-0.25, -0.2) is 0 Å². The molecule has 3 nitrogen and oxygen atoms in total. The van der Waals surface area contributed by atoms with E-state index in [-0.39, 0.29) is 11.9 Å². The second-order valence-corrected chi connectivity index (χ2v) is 5.21. The van der Waals surface area contributed by atoms with E-state index in [1.54, 1.807) is 18.0 Å². The maximum atomic E-state index is 12.2. The van der Waals surface area contributed by atoms with Crippen LogP contribution in [0.3, 0.4) is 0 Å². The van der Waals surface area contributed by atoms with Crippen molar-refractivity contribution >= 4 is 17.7 Å². The zero-order valence-electron chi connectivity index (χ0n) is 11.1. The van der Waals surface area contributed by atoms with Crippen LogP contribution in [-0.4, -0.2) is 18.2 Å². The predicted molar refractivity (Wildman–Crippen MR) is 77.6 cm³/mol. The maximum Gasteiger partial charge on any atom is 0.252 e. The second kappa shape index (κ2) is 6.48. The largest absolute Gasteiger partial charge is 0.469 e. The fourth-order valence-corrected chi connectivity index (χ4v) is 2.51. The van der Waals surface area contributed by atoms with E-state index in [4.69, 9.17) is 4.42 Å². The number of hydrogen-bond donors (Lipinski definition) is 1. The molecule has 1 atom stereocenters. The van der Waals surface area contributed by atoms with Crippen molar-refractivity contribution in [2.45, 2.75) is 24.3 Å². The Morgan fingerprint density at radius 3 is 2.79 bits per heavy atom. The van der Waals surface area contributed by atoms with Gasteiger partial charge in [-0.05, 0) is 37.4 Å². The lowest BCUT2D eigenvalue weighted by Gasteiger charge is -2.14. The third-order valence-corrected chi connectivity index (χ3v) is 3.61. The fourth-order valence-electron chi connectivity index (χ4n) is 1.92. The summed E-state index contributed by atoms with van der Waals surface area (Å²) in [4.78, 5) is 13.2. The Labute approximate surface area is 117 Å². The van der Waals surface area contributed by atoms with Gasteiger partial charge in [-0.1, -0.05) is 12.1 Å². The molecule has 0 aliphatic carbocycles. The smallest absolute Gasteiger partial charge is 0.252 e. The van der Waals surface area contributed by atoms with Crippen LogP contribution in [0, 0.1) is 0 Å². The van der Waals surface area contributed by atoms with Crippen LogP contribution in [0.2, 0.25) is 0 Å². The summed E-state index contributed by atoms with van der Waals surface area (Å²) in [6.45, 7) is 1.97. The van der Waals surface area contributed by atoms with Crippen LogP contribution in [0.5, 0.6) is 0 Å². The van der Waals surface area contributed by atoms with Crippen LogP contribution in [0.25, 0.3) is 0 Å². The molecule has 0 aliphatic heterocycles. The molecule has 19 heavy (non-hydrogen) atoms. The molecule has 1 N–H and O–H groups in total. The Bertz CT molecular complexity index is 537. The highest BCUT2D eigenvalue weighted by Gasteiger charge is 2.14. The number of carbonyl (C=O) groups excluding carboxylic acids is 1. The van der Waals surface area contributed by atoms with E-state index in [9.17, 15) is 4.79 Å². The minimum absolute atomic E-state index is 0.0357. The van der Waals surface area contributed by atoms with Crippen molar-refractivity contribution < 1.29 is 9.21 Å². The van der Waals surface area contributed by atoms with Gasteiger partial charge in [-0.15, -0.1) is 11.8 Å². The average Bonchev–Trinajstić information content (AvgIpc) is 2.91. The highest BCUT2D eigenvalue weighted by Crippen LogP contribution is 2.19. The summed E-state index contributed by atoms with van der Waals surface area (Å²) in [5, 5.41) is 3.00. The number of benzene rings is 1. The van der Waals surface area contributed by atoms with Gasteiger partial charge >= 0.3 is 0 Å². The minimum atomic E-state index is -0.0380. The standard InChI is InChI=1S/C15H17NO2S/c1-11(10-12-6-5-9-18-12)16-15(17)13-7-3-4-8-14(13)19-2/h3-9,11H,10H2,1-2H3,(H,16,17). The van der Waals surface area contributed by atoms with Crippen molar-refractivity contribution in [3.8, 4) is 0 Å². The Balaban J connectivity index is 2.00. The van der Waals surface area contributed by atoms with Crippen LogP contribution in [0.1, 0.15) is 23.0 Å². The van der Waals surface area contributed by atoms with Crippen LogP contribution in [0.4, 0.5) is 0 Å². The molecular weight excluding hydrogens is 258 g/mol. The van der Waals surface area contributed by atoms with Gasteiger partial charge in [0.25, 0.3) is 5.91 Å². The topological polar surface area (TPSA) is 42.2 Å². The highest BCUT2D eigenvalue weighted by molar-refractivity contribution is 7.98. The molecule has 1 aromatic heterocycles. The molecule has 1 amide bonds. The van der Waals surface area contributed by atoms with Crippen LogP contribution < -0.4 is 5.32 Å². The first kappa shape index (κ1) is 13.7. The molecule has 100 valence electrons. The fraction of sp³-hybridized carbons (Fsp3) is 0.267. The summed E-state index contributed by atoms with van der Waals surface area (Å²) in [6.07, 6.45) is 4.31. The number of rotatable bonds is 5. The van der Waals surface area contributed by atoms with E-state index in [0.717, 1.165) is 16.2 Å². The average molecular weight is 275 g/mol. The molecule has 0 spiro atoms. The molecule has 0 radical (unpaired) electrons. The molecule has 1 aromatic carbocycles. The van der Waals surface area contributed by atoms with Crippen LogP contribution in [0.15, 0.2) is 52.0 Å². The van der Waals surface area contributed by atoms with Crippen molar-refractivity contribution in [1.29, 1.82) is 0 Å². The van der Waals surface area contributed by atoms with Gasteiger partial charge in [0.1, 0.15) is 5.76 Å². The van der Waals surface area contributed by atoms with E-state index >= 15 is 0 Å². The molecule has 0 fully saturated rings. The molecule has 0 aliphatic rings. The Morgan fingerprint density at radius 2 is 2.11 bits per heavy atom. The van der Waals surface area contributed by atoms with Gasteiger partial charge in [0.15, 0.2) is 0 Å². The third kappa shape index (κ3) is 3.64. The highest BCUT2D eigenvalue weighted by atomic mass is 32.2. The summed E-state index contributed by atoms with van der Waals surface area (Å²) in [5.74, 6) is 0.843. The zero-order chi connectivity index (χ0) is 13.7. The molecule has 1 unspecified atom stereocenters.